The smallest absolute Gasteiger partial charge is 0.305 e. The molecule has 6 nitrogen and oxygen atoms in total. The summed E-state index contributed by atoms with van der Waals surface area (Å²) in [5, 5.41) is 12.5. The van der Waals surface area contributed by atoms with E-state index in [0.29, 0.717) is 17.2 Å². The van der Waals surface area contributed by atoms with Gasteiger partial charge in [0.15, 0.2) is 5.75 Å². The first-order chi connectivity index (χ1) is 11.1. The van der Waals surface area contributed by atoms with Crippen molar-refractivity contribution in [2.75, 3.05) is 19.3 Å². The van der Waals surface area contributed by atoms with E-state index in [4.69, 9.17) is 4.74 Å². The monoisotopic (exact) mass is 317 g/mol. The van der Waals surface area contributed by atoms with Gasteiger partial charge in [-0.1, -0.05) is 30.3 Å². The van der Waals surface area contributed by atoms with Crippen LogP contribution in [0.25, 0.3) is 10.8 Å². The standard InChI is InChI=1S/C17H19NO5/c1-22-16(20)9-5-8-15(19)18(21)14-11-10-12-6-3-4-7-13(12)17(14)23-2/h3-4,6-7,10-11,21H,5,8-9H2,1-2H3. The third-order valence-electron chi connectivity index (χ3n) is 3.53. The zero-order chi connectivity index (χ0) is 16.8. The highest BCUT2D eigenvalue weighted by Gasteiger charge is 2.19. The summed E-state index contributed by atoms with van der Waals surface area (Å²) in [6.07, 6.45) is 0.463. The Morgan fingerprint density at radius 3 is 2.52 bits per heavy atom. The van der Waals surface area contributed by atoms with Crippen LogP contribution in [0.4, 0.5) is 5.69 Å². The van der Waals surface area contributed by atoms with E-state index in [2.05, 4.69) is 4.74 Å². The zero-order valence-electron chi connectivity index (χ0n) is 13.1. The number of hydroxylamine groups is 1. The molecule has 0 aliphatic heterocycles. The summed E-state index contributed by atoms with van der Waals surface area (Å²) in [6.45, 7) is 0. The molecule has 0 aromatic heterocycles. The van der Waals surface area contributed by atoms with Gasteiger partial charge in [0, 0.05) is 18.2 Å². The Morgan fingerprint density at radius 2 is 1.83 bits per heavy atom. The van der Waals surface area contributed by atoms with E-state index in [1.54, 1.807) is 12.1 Å². The van der Waals surface area contributed by atoms with Gasteiger partial charge in [0.1, 0.15) is 5.69 Å². The van der Waals surface area contributed by atoms with Crippen LogP contribution in [0.3, 0.4) is 0 Å². The number of anilines is 1. The maximum absolute atomic E-state index is 12.1. The minimum absolute atomic E-state index is 0.0293. The number of hydrogen-bond donors (Lipinski definition) is 1. The van der Waals surface area contributed by atoms with Crippen LogP contribution < -0.4 is 9.80 Å². The number of carbonyl (C=O) groups is 2. The summed E-state index contributed by atoms with van der Waals surface area (Å²) < 4.78 is 9.88. The van der Waals surface area contributed by atoms with E-state index >= 15 is 0 Å². The van der Waals surface area contributed by atoms with E-state index in [9.17, 15) is 14.8 Å². The van der Waals surface area contributed by atoms with E-state index < -0.39 is 5.91 Å². The van der Waals surface area contributed by atoms with Crippen molar-refractivity contribution in [2.45, 2.75) is 19.3 Å². The molecule has 0 bridgehead atoms. The first-order valence-corrected chi connectivity index (χ1v) is 7.23. The molecule has 23 heavy (non-hydrogen) atoms. The molecule has 1 N–H and O–H groups in total. The van der Waals surface area contributed by atoms with Crippen molar-refractivity contribution in [1.82, 2.24) is 0 Å². The van der Waals surface area contributed by atoms with Crippen LogP contribution in [0.1, 0.15) is 19.3 Å². The van der Waals surface area contributed by atoms with Gasteiger partial charge >= 0.3 is 5.97 Å². The zero-order valence-corrected chi connectivity index (χ0v) is 13.1. The number of amides is 1. The molecular formula is C17H19NO5. The second-order valence-electron chi connectivity index (χ2n) is 4.97. The van der Waals surface area contributed by atoms with Crippen LogP contribution in [-0.4, -0.2) is 31.3 Å². The molecule has 0 saturated carbocycles. The molecule has 2 rings (SSSR count). The van der Waals surface area contributed by atoms with Crippen LogP contribution in [0, 0.1) is 0 Å². The maximum Gasteiger partial charge on any atom is 0.305 e. The van der Waals surface area contributed by atoms with Gasteiger partial charge in [0.25, 0.3) is 5.91 Å². The number of nitrogens with zero attached hydrogens (tertiary/aromatic N) is 1. The summed E-state index contributed by atoms with van der Waals surface area (Å²) in [4.78, 5) is 23.1. The first kappa shape index (κ1) is 16.8. The second-order valence-corrected chi connectivity index (χ2v) is 4.97. The summed E-state index contributed by atoms with van der Waals surface area (Å²) in [5.74, 6) is -0.472. The van der Waals surface area contributed by atoms with Gasteiger partial charge in [-0.25, -0.2) is 0 Å². The number of benzene rings is 2. The fraction of sp³-hybridized carbons (Fsp3) is 0.294. The summed E-state index contributed by atoms with van der Waals surface area (Å²) in [7, 11) is 2.78. The van der Waals surface area contributed by atoms with Crippen molar-refractivity contribution < 1.29 is 24.3 Å². The molecule has 0 heterocycles. The lowest BCUT2D eigenvalue weighted by Crippen LogP contribution is -2.27. The highest BCUT2D eigenvalue weighted by molar-refractivity contribution is 5.99. The van der Waals surface area contributed by atoms with E-state index in [0.717, 1.165) is 10.8 Å². The number of rotatable bonds is 6. The predicted octanol–water partition coefficient (Wildman–Crippen LogP) is 2.91. The quantitative estimate of drug-likeness (QED) is 0.503. The minimum Gasteiger partial charge on any atom is -0.494 e. The molecule has 0 radical (unpaired) electrons. The molecular weight excluding hydrogens is 298 g/mol. The summed E-state index contributed by atoms with van der Waals surface area (Å²) in [6, 6.07) is 11.0. The molecule has 122 valence electrons. The Bertz CT molecular complexity index is 713. The molecule has 0 aliphatic carbocycles. The second kappa shape index (κ2) is 7.60. The van der Waals surface area contributed by atoms with Crippen molar-refractivity contribution >= 4 is 28.3 Å². The molecule has 0 aliphatic rings. The normalized spacial score (nSPS) is 10.4. The molecule has 2 aromatic carbocycles. The van der Waals surface area contributed by atoms with Gasteiger partial charge in [-0.3, -0.25) is 14.8 Å². The Balaban J connectivity index is 2.18. The molecule has 6 heteroatoms. The molecule has 2 aromatic rings. The molecule has 0 unspecified atom stereocenters. The lowest BCUT2D eigenvalue weighted by Gasteiger charge is -2.19. The molecule has 0 spiro atoms. The summed E-state index contributed by atoms with van der Waals surface area (Å²) >= 11 is 0. The highest BCUT2D eigenvalue weighted by Crippen LogP contribution is 2.35. The Labute approximate surface area is 134 Å². The van der Waals surface area contributed by atoms with Gasteiger partial charge in [0.05, 0.1) is 14.2 Å². The molecule has 0 saturated heterocycles. The van der Waals surface area contributed by atoms with Crippen molar-refractivity contribution in [3.63, 3.8) is 0 Å². The topological polar surface area (TPSA) is 76.1 Å². The Morgan fingerprint density at radius 1 is 1.09 bits per heavy atom. The third-order valence-corrected chi connectivity index (χ3v) is 3.53. The number of methoxy groups -OCH3 is 2. The fourth-order valence-corrected chi connectivity index (χ4v) is 2.34. The van der Waals surface area contributed by atoms with Crippen molar-refractivity contribution in [2.24, 2.45) is 0 Å². The van der Waals surface area contributed by atoms with E-state index in [1.807, 2.05) is 24.3 Å². The van der Waals surface area contributed by atoms with Crippen LogP contribution in [0.2, 0.25) is 0 Å². The predicted molar refractivity (Wildman–Crippen MR) is 85.6 cm³/mol. The maximum atomic E-state index is 12.1. The number of hydrogen-bond acceptors (Lipinski definition) is 5. The van der Waals surface area contributed by atoms with Crippen LogP contribution in [-0.2, 0) is 14.3 Å². The molecule has 0 atom stereocenters. The van der Waals surface area contributed by atoms with Gasteiger partial charge in [0.2, 0.25) is 0 Å². The minimum atomic E-state index is -0.512. The van der Waals surface area contributed by atoms with Crippen LogP contribution >= 0.6 is 0 Å². The number of ether oxygens (including phenoxy) is 2. The number of fused-ring (bicyclic) bond motifs is 1. The van der Waals surface area contributed by atoms with Gasteiger partial charge < -0.3 is 9.47 Å². The fourth-order valence-electron chi connectivity index (χ4n) is 2.34. The van der Waals surface area contributed by atoms with Crippen molar-refractivity contribution in [1.29, 1.82) is 0 Å². The average molecular weight is 317 g/mol. The Hall–Kier alpha value is -2.60. The lowest BCUT2D eigenvalue weighted by atomic mass is 10.1. The van der Waals surface area contributed by atoms with E-state index in [-0.39, 0.29) is 24.5 Å². The van der Waals surface area contributed by atoms with Crippen molar-refractivity contribution in [3.05, 3.63) is 36.4 Å². The first-order valence-electron chi connectivity index (χ1n) is 7.23. The van der Waals surface area contributed by atoms with Gasteiger partial charge in [-0.05, 0) is 17.9 Å². The van der Waals surface area contributed by atoms with E-state index in [1.165, 1.54) is 14.2 Å². The van der Waals surface area contributed by atoms with Gasteiger partial charge in [-0.15, -0.1) is 0 Å². The van der Waals surface area contributed by atoms with Crippen LogP contribution in [0.15, 0.2) is 36.4 Å². The van der Waals surface area contributed by atoms with Crippen molar-refractivity contribution in [3.8, 4) is 5.75 Å². The highest BCUT2D eigenvalue weighted by atomic mass is 16.5. The lowest BCUT2D eigenvalue weighted by molar-refractivity contribution is -0.140. The van der Waals surface area contributed by atoms with Gasteiger partial charge in [-0.2, -0.15) is 5.06 Å². The Kier molecular flexibility index (Phi) is 5.54. The van der Waals surface area contributed by atoms with Crippen LogP contribution in [0.5, 0.6) is 5.75 Å². The number of carbonyl (C=O) groups excluding carboxylic acids is 2. The molecule has 0 fully saturated rings. The largest absolute Gasteiger partial charge is 0.494 e. The third kappa shape index (κ3) is 3.78. The number of esters is 1. The average Bonchev–Trinajstić information content (AvgIpc) is 2.59. The SMILES string of the molecule is COC(=O)CCCC(=O)N(O)c1ccc2ccccc2c1OC. The molecule has 1 amide bonds. The summed E-state index contributed by atoms with van der Waals surface area (Å²) in [5.41, 5.74) is 0.272.